The van der Waals surface area contributed by atoms with Gasteiger partial charge in [0.25, 0.3) is 5.24 Å². The van der Waals surface area contributed by atoms with Crippen LogP contribution in [0.25, 0.3) is 0 Å². The topological polar surface area (TPSA) is 34.1 Å². The molecular formula is C10H7ClF2O2S. The number of carbonyl (C=O) groups excluding carboxylic acids is 2. The third kappa shape index (κ3) is 3.02. The van der Waals surface area contributed by atoms with Crippen molar-refractivity contribution in [2.45, 2.75) is 18.2 Å². The fraction of sp³-hybridized carbons (Fsp3) is 0.200. The minimum absolute atomic E-state index is 0.0998. The molecule has 0 heterocycles. The standard InChI is InChI=1S/C10H7ClF2O2S/c1-2-9(14)16-8-3-5(10(11)15)6(12)4-7(8)13/h3-4H,2H2,1H3. The van der Waals surface area contributed by atoms with Gasteiger partial charge in [-0.1, -0.05) is 6.92 Å². The molecule has 0 fully saturated rings. The quantitative estimate of drug-likeness (QED) is 0.620. The molecule has 0 spiro atoms. The van der Waals surface area contributed by atoms with Crippen LogP contribution in [0, 0.1) is 11.6 Å². The van der Waals surface area contributed by atoms with Gasteiger partial charge in [-0.25, -0.2) is 8.78 Å². The summed E-state index contributed by atoms with van der Waals surface area (Å²) in [5, 5.41) is -1.30. The second-order valence-corrected chi connectivity index (χ2v) is 4.31. The average molecular weight is 265 g/mol. The van der Waals surface area contributed by atoms with E-state index >= 15 is 0 Å². The molecule has 0 atom stereocenters. The van der Waals surface area contributed by atoms with E-state index in [1.165, 1.54) is 0 Å². The summed E-state index contributed by atoms with van der Waals surface area (Å²) in [7, 11) is 0. The first-order valence-corrected chi connectivity index (χ1v) is 5.54. The number of hydrogen-bond acceptors (Lipinski definition) is 3. The highest BCUT2D eigenvalue weighted by Crippen LogP contribution is 2.27. The second-order valence-electron chi connectivity index (χ2n) is 2.86. The van der Waals surface area contributed by atoms with E-state index in [1.807, 2.05) is 0 Å². The number of carbonyl (C=O) groups is 2. The SMILES string of the molecule is CCC(=O)Sc1cc(C(=O)Cl)c(F)cc1F. The Bertz CT molecular complexity index is 449. The van der Waals surface area contributed by atoms with Gasteiger partial charge < -0.3 is 0 Å². The van der Waals surface area contributed by atoms with E-state index in [1.54, 1.807) is 6.92 Å². The minimum Gasteiger partial charge on any atom is -0.287 e. The molecule has 0 N–H and O–H groups in total. The fourth-order valence-corrected chi connectivity index (χ4v) is 1.82. The maximum Gasteiger partial charge on any atom is 0.255 e. The van der Waals surface area contributed by atoms with Crippen LogP contribution in [0.15, 0.2) is 17.0 Å². The van der Waals surface area contributed by atoms with Gasteiger partial charge in [0, 0.05) is 12.5 Å². The molecule has 86 valence electrons. The first-order valence-electron chi connectivity index (χ1n) is 4.35. The molecule has 0 amide bonds. The van der Waals surface area contributed by atoms with Crippen molar-refractivity contribution in [3.05, 3.63) is 29.3 Å². The maximum absolute atomic E-state index is 13.2. The lowest BCUT2D eigenvalue weighted by molar-refractivity contribution is -0.110. The zero-order chi connectivity index (χ0) is 12.3. The predicted octanol–water partition coefficient (Wildman–Crippen LogP) is 3.37. The monoisotopic (exact) mass is 264 g/mol. The van der Waals surface area contributed by atoms with E-state index < -0.39 is 22.4 Å². The maximum atomic E-state index is 13.2. The first kappa shape index (κ1) is 13.1. The van der Waals surface area contributed by atoms with E-state index in [-0.39, 0.29) is 16.4 Å². The van der Waals surface area contributed by atoms with Crippen LogP contribution in [0.1, 0.15) is 23.7 Å². The van der Waals surface area contributed by atoms with Gasteiger partial charge in [-0.2, -0.15) is 0 Å². The lowest BCUT2D eigenvalue weighted by Crippen LogP contribution is -1.98. The van der Waals surface area contributed by atoms with E-state index in [2.05, 4.69) is 0 Å². The van der Waals surface area contributed by atoms with Crippen LogP contribution in [0.2, 0.25) is 0 Å². The molecule has 1 aromatic carbocycles. The Morgan fingerprint density at radius 2 is 1.94 bits per heavy atom. The van der Waals surface area contributed by atoms with Crippen molar-refractivity contribution in [2.24, 2.45) is 0 Å². The Morgan fingerprint density at radius 3 is 2.44 bits per heavy atom. The van der Waals surface area contributed by atoms with Crippen molar-refractivity contribution in [3.8, 4) is 0 Å². The smallest absolute Gasteiger partial charge is 0.255 e. The number of rotatable bonds is 3. The molecule has 0 unspecified atom stereocenters. The summed E-state index contributed by atoms with van der Waals surface area (Å²) in [5.74, 6) is -1.92. The molecule has 6 heteroatoms. The van der Waals surface area contributed by atoms with Gasteiger partial charge in [0.2, 0.25) is 0 Å². The summed E-state index contributed by atoms with van der Waals surface area (Å²) in [4.78, 5) is 21.8. The lowest BCUT2D eigenvalue weighted by atomic mass is 10.2. The molecule has 0 bridgehead atoms. The van der Waals surface area contributed by atoms with Crippen molar-refractivity contribution in [2.75, 3.05) is 0 Å². The highest BCUT2D eigenvalue weighted by Gasteiger charge is 2.16. The van der Waals surface area contributed by atoms with Gasteiger partial charge in [0.1, 0.15) is 11.6 Å². The van der Waals surface area contributed by atoms with Crippen LogP contribution in [-0.4, -0.2) is 10.4 Å². The normalized spacial score (nSPS) is 10.2. The largest absolute Gasteiger partial charge is 0.287 e. The molecule has 0 aromatic heterocycles. The Labute approximate surface area is 100.0 Å². The van der Waals surface area contributed by atoms with Gasteiger partial charge in [0.05, 0.1) is 10.5 Å². The number of thioether (sulfide) groups is 1. The van der Waals surface area contributed by atoms with Crippen molar-refractivity contribution < 1.29 is 18.4 Å². The summed E-state index contributed by atoms with van der Waals surface area (Å²) in [6.45, 7) is 1.62. The summed E-state index contributed by atoms with van der Waals surface area (Å²) in [6, 6.07) is 1.49. The minimum atomic E-state index is -1.04. The summed E-state index contributed by atoms with van der Waals surface area (Å²) in [5.41, 5.74) is -0.436. The van der Waals surface area contributed by atoms with Crippen molar-refractivity contribution in [1.82, 2.24) is 0 Å². The van der Waals surface area contributed by atoms with Crippen molar-refractivity contribution in [1.29, 1.82) is 0 Å². The summed E-state index contributed by atoms with van der Waals surface area (Å²) < 4.78 is 26.3. The lowest BCUT2D eigenvalue weighted by Gasteiger charge is -2.03. The van der Waals surface area contributed by atoms with E-state index in [4.69, 9.17) is 11.6 Å². The average Bonchev–Trinajstić information content (AvgIpc) is 2.21. The zero-order valence-electron chi connectivity index (χ0n) is 8.22. The van der Waals surface area contributed by atoms with E-state index in [0.717, 1.165) is 6.07 Å². The van der Waals surface area contributed by atoms with Gasteiger partial charge in [-0.3, -0.25) is 9.59 Å². The van der Waals surface area contributed by atoms with Crippen LogP contribution >= 0.6 is 23.4 Å². The molecule has 0 aliphatic heterocycles. The second kappa shape index (κ2) is 5.41. The van der Waals surface area contributed by atoms with Crippen molar-refractivity contribution >= 4 is 33.7 Å². The molecule has 0 aliphatic rings. The highest BCUT2D eigenvalue weighted by molar-refractivity contribution is 8.13. The van der Waals surface area contributed by atoms with Gasteiger partial charge >= 0.3 is 0 Å². The summed E-state index contributed by atoms with van der Waals surface area (Å²) >= 11 is 5.73. The molecule has 0 saturated carbocycles. The molecule has 1 aromatic rings. The Kier molecular flexibility index (Phi) is 4.44. The van der Waals surface area contributed by atoms with E-state index in [9.17, 15) is 18.4 Å². The molecule has 2 nitrogen and oxygen atoms in total. The molecular weight excluding hydrogens is 258 g/mol. The molecule has 1 rings (SSSR count). The van der Waals surface area contributed by atoms with Crippen LogP contribution < -0.4 is 0 Å². The predicted molar refractivity (Wildman–Crippen MR) is 57.7 cm³/mol. The van der Waals surface area contributed by atoms with E-state index in [0.29, 0.717) is 17.8 Å². The Balaban J connectivity index is 3.14. The molecule has 0 saturated heterocycles. The molecule has 0 radical (unpaired) electrons. The van der Waals surface area contributed by atoms with Gasteiger partial charge in [0.15, 0.2) is 5.12 Å². The fourth-order valence-electron chi connectivity index (χ4n) is 0.953. The first-order chi connectivity index (χ1) is 7.45. The van der Waals surface area contributed by atoms with Crippen molar-refractivity contribution in [3.63, 3.8) is 0 Å². The Morgan fingerprint density at radius 1 is 1.31 bits per heavy atom. The third-order valence-corrected chi connectivity index (χ3v) is 3.00. The Hall–Kier alpha value is -0.940. The molecule has 16 heavy (non-hydrogen) atoms. The molecule has 0 aliphatic carbocycles. The van der Waals surface area contributed by atoms with Crippen LogP contribution in [0.3, 0.4) is 0 Å². The number of hydrogen-bond donors (Lipinski definition) is 0. The van der Waals surface area contributed by atoms with Crippen LogP contribution in [-0.2, 0) is 4.79 Å². The van der Waals surface area contributed by atoms with Crippen LogP contribution in [0.4, 0.5) is 8.78 Å². The van der Waals surface area contributed by atoms with Gasteiger partial charge in [-0.05, 0) is 29.4 Å². The summed E-state index contributed by atoms with van der Waals surface area (Å²) in [6.07, 6.45) is 0.214. The van der Waals surface area contributed by atoms with Gasteiger partial charge in [-0.15, -0.1) is 0 Å². The highest BCUT2D eigenvalue weighted by atomic mass is 35.5. The number of benzene rings is 1. The third-order valence-electron chi connectivity index (χ3n) is 1.75. The zero-order valence-corrected chi connectivity index (χ0v) is 9.79. The van der Waals surface area contributed by atoms with Crippen LogP contribution in [0.5, 0.6) is 0 Å². The number of halogens is 3.